The smallest absolute Gasteiger partial charge is 0.269 e. The van der Waals surface area contributed by atoms with Crippen LogP contribution in [0, 0.1) is 0 Å². The van der Waals surface area contributed by atoms with Crippen LogP contribution in [0.15, 0.2) is 42.7 Å². The molecule has 0 spiro atoms. The first-order chi connectivity index (χ1) is 15.2. The van der Waals surface area contributed by atoms with E-state index in [2.05, 4.69) is 27.8 Å². The van der Waals surface area contributed by atoms with E-state index >= 15 is 0 Å². The van der Waals surface area contributed by atoms with Gasteiger partial charge in [-0.1, -0.05) is 23.7 Å². The summed E-state index contributed by atoms with van der Waals surface area (Å²) in [6.07, 6.45) is 8.47. The number of hydrogen-bond donors (Lipinski definition) is 2. The quantitative estimate of drug-likeness (QED) is 0.556. The Kier molecular flexibility index (Phi) is 5.74. The van der Waals surface area contributed by atoms with Crippen LogP contribution in [-0.2, 0) is 19.3 Å². The summed E-state index contributed by atoms with van der Waals surface area (Å²) in [7, 11) is 0. The van der Waals surface area contributed by atoms with Crippen molar-refractivity contribution in [1.29, 1.82) is 0 Å². The number of aryl methyl sites for hydroxylation is 1. The van der Waals surface area contributed by atoms with Gasteiger partial charge in [0.25, 0.3) is 5.91 Å². The SMILES string of the molecule is O=C1NCC(CCCNCCc2ccc(Cl)cc2)n2nc3c(c21)CCc1cnccc1-3. The van der Waals surface area contributed by atoms with Gasteiger partial charge in [0.2, 0.25) is 0 Å². The molecular weight excluding hydrogens is 410 g/mol. The van der Waals surface area contributed by atoms with Gasteiger partial charge in [-0.2, -0.15) is 5.10 Å². The molecule has 3 heterocycles. The van der Waals surface area contributed by atoms with Gasteiger partial charge in [-0.25, -0.2) is 0 Å². The van der Waals surface area contributed by atoms with Crippen LogP contribution in [0.1, 0.15) is 46.1 Å². The van der Waals surface area contributed by atoms with Crippen LogP contribution in [0.5, 0.6) is 0 Å². The lowest BCUT2D eigenvalue weighted by molar-refractivity contribution is 0.0905. The van der Waals surface area contributed by atoms with E-state index in [0.717, 1.165) is 72.7 Å². The summed E-state index contributed by atoms with van der Waals surface area (Å²) in [6.45, 7) is 2.53. The fraction of sp³-hybridized carbons (Fsp3) is 0.375. The molecule has 1 aliphatic heterocycles. The molecule has 1 atom stereocenters. The second-order valence-corrected chi connectivity index (χ2v) is 8.72. The fourth-order valence-corrected chi connectivity index (χ4v) is 4.75. The van der Waals surface area contributed by atoms with E-state index in [1.54, 1.807) is 6.20 Å². The number of aromatic nitrogens is 3. The lowest BCUT2D eigenvalue weighted by atomic mass is 9.90. The number of nitrogens with zero attached hydrogens (tertiary/aromatic N) is 3. The first-order valence-electron chi connectivity index (χ1n) is 11.0. The third kappa shape index (κ3) is 4.10. The molecule has 1 amide bonds. The zero-order valence-electron chi connectivity index (χ0n) is 17.4. The predicted octanol–water partition coefficient (Wildman–Crippen LogP) is 3.59. The molecule has 2 aromatic heterocycles. The highest BCUT2D eigenvalue weighted by Crippen LogP contribution is 2.36. The van der Waals surface area contributed by atoms with Crippen molar-refractivity contribution in [3.05, 3.63) is 70.1 Å². The number of carbonyl (C=O) groups is 1. The molecule has 0 saturated heterocycles. The topological polar surface area (TPSA) is 71.8 Å². The zero-order chi connectivity index (χ0) is 21.2. The van der Waals surface area contributed by atoms with Crippen molar-refractivity contribution in [1.82, 2.24) is 25.4 Å². The van der Waals surface area contributed by atoms with E-state index in [0.29, 0.717) is 6.54 Å². The number of hydrogen-bond acceptors (Lipinski definition) is 4. The van der Waals surface area contributed by atoms with E-state index < -0.39 is 0 Å². The fourth-order valence-electron chi connectivity index (χ4n) is 4.62. The zero-order valence-corrected chi connectivity index (χ0v) is 18.2. The van der Waals surface area contributed by atoms with Crippen LogP contribution in [-0.4, -0.2) is 40.3 Å². The third-order valence-electron chi connectivity index (χ3n) is 6.27. The van der Waals surface area contributed by atoms with E-state index in [-0.39, 0.29) is 11.9 Å². The summed E-state index contributed by atoms with van der Waals surface area (Å²) in [6, 6.07) is 10.2. The number of fused-ring (bicyclic) bond motifs is 5. The maximum Gasteiger partial charge on any atom is 0.269 e. The Hall–Kier alpha value is -2.70. The molecule has 31 heavy (non-hydrogen) atoms. The summed E-state index contributed by atoms with van der Waals surface area (Å²) >= 11 is 5.94. The second kappa shape index (κ2) is 8.81. The molecule has 0 radical (unpaired) electrons. The van der Waals surface area contributed by atoms with E-state index in [4.69, 9.17) is 16.7 Å². The summed E-state index contributed by atoms with van der Waals surface area (Å²) in [5.41, 5.74) is 6.42. The Labute approximate surface area is 187 Å². The molecule has 1 unspecified atom stereocenters. The molecular formula is C24H26ClN5O. The Morgan fingerprint density at radius 1 is 1.16 bits per heavy atom. The van der Waals surface area contributed by atoms with Crippen LogP contribution in [0.2, 0.25) is 5.02 Å². The number of pyridine rings is 1. The molecule has 5 rings (SSSR count). The molecule has 0 fully saturated rings. The number of rotatable bonds is 7. The normalized spacial score (nSPS) is 16.9. The maximum absolute atomic E-state index is 12.6. The maximum atomic E-state index is 12.6. The highest BCUT2D eigenvalue weighted by Gasteiger charge is 2.33. The minimum absolute atomic E-state index is 0.00333. The Bertz CT molecular complexity index is 1090. The van der Waals surface area contributed by atoms with Crippen molar-refractivity contribution in [3.63, 3.8) is 0 Å². The lowest BCUT2D eigenvalue weighted by Gasteiger charge is -2.25. The lowest BCUT2D eigenvalue weighted by Crippen LogP contribution is -2.40. The number of carbonyl (C=O) groups excluding carboxylic acids is 1. The predicted molar refractivity (Wildman–Crippen MR) is 121 cm³/mol. The number of amides is 1. The minimum Gasteiger partial charge on any atom is -0.349 e. The molecule has 1 aliphatic carbocycles. The van der Waals surface area contributed by atoms with Gasteiger partial charge in [-0.3, -0.25) is 14.5 Å². The largest absolute Gasteiger partial charge is 0.349 e. The van der Waals surface area contributed by atoms with E-state index in [1.165, 1.54) is 11.1 Å². The van der Waals surface area contributed by atoms with Crippen molar-refractivity contribution in [2.75, 3.05) is 19.6 Å². The van der Waals surface area contributed by atoms with Crippen LogP contribution in [0.25, 0.3) is 11.3 Å². The van der Waals surface area contributed by atoms with Crippen molar-refractivity contribution >= 4 is 17.5 Å². The van der Waals surface area contributed by atoms with Crippen LogP contribution >= 0.6 is 11.6 Å². The molecule has 0 bridgehead atoms. The monoisotopic (exact) mass is 435 g/mol. The summed E-state index contributed by atoms with van der Waals surface area (Å²) in [5, 5.41) is 12.3. The standard InChI is InChI=1S/C24H26ClN5O/c25-18-6-3-16(4-7-18)9-12-26-11-1-2-19-15-28-24(31)23-21-8-5-17-14-27-13-10-20(17)22(21)29-30(19)23/h3-4,6-7,10,13-14,19,26H,1-2,5,8-9,11-12,15H2,(H,28,31). The van der Waals surface area contributed by atoms with Crippen LogP contribution < -0.4 is 10.6 Å². The van der Waals surface area contributed by atoms with Gasteiger partial charge in [-0.15, -0.1) is 0 Å². The average Bonchev–Trinajstić information content (AvgIpc) is 3.20. The number of halogens is 1. The van der Waals surface area contributed by atoms with E-state index in [1.807, 2.05) is 29.1 Å². The van der Waals surface area contributed by atoms with Crippen molar-refractivity contribution in [2.45, 2.75) is 38.1 Å². The molecule has 7 heteroatoms. The Morgan fingerprint density at radius 3 is 2.90 bits per heavy atom. The van der Waals surface area contributed by atoms with Crippen molar-refractivity contribution < 1.29 is 4.79 Å². The molecule has 2 aliphatic rings. The highest BCUT2D eigenvalue weighted by atomic mass is 35.5. The summed E-state index contributed by atoms with van der Waals surface area (Å²) in [5.74, 6) is 0.00333. The Morgan fingerprint density at radius 2 is 2.03 bits per heavy atom. The number of benzene rings is 1. The van der Waals surface area contributed by atoms with Crippen molar-refractivity contribution in [2.24, 2.45) is 0 Å². The minimum atomic E-state index is 0.00333. The molecule has 3 aromatic rings. The first-order valence-corrected chi connectivity index (χ1v) is 11.4. The highest BCUT2D eigenvalue weighted by molar-refractivity contribution is 6.30. The van der Waals surface area contributed by atoms with Crippen molar-refractivity contribution in [3.8, 4) is 11.3 Å². The van der Waals surface area contributed by atoms with Gasteiger partial charge >= 0.3 is 0 Å². The van der Waals surface area contributed by atoms with Gasteiger partial charge in [-0.05, 0) is 74.5 Å². The van der Waals surface area contributed by atoms with E-state index in [9.17, 15) is 4.79 Å². The summed E-state index contributed by atoms with van der Waals surface area (Å²) in [4.78, 5) is 16.9. The average molecular weight is 436 g/mol. The molecule has 6 nitrogen and oxygen atoms in total. The van der Waals surface area contributed by atoms with Gasteiger partial charge in [0.15, 0.2) is 0 Å². The van der Waals surface area contributed by atoms with Gasteiger partial charge in [0.1, 0.15) is 5.69 Å². The molecule has 2 N–H and O–H groups in total. The molecule has 0 saturated carbocycles. The van der Waals surface area contributed by atoms with Gasteiger partial charge in [0.05, 0.1) is 11.7 Å². The molecule has 160 valence electrons. The molecule has 1 aromatic carbocycles. The van der Waals surface area contributed by atoms with Crippen LogP contribution in [0.4, 0.5) is 0 Å². The number of nitrogens with one attached hydrogen (secondary N) is 2. The first kappa shape index (κ1) is 20.2. The summed E-state index contributed by atoms with van der Waals surface area (Å²) < 4.78 is 1.99. The Balaban J connectivity index is 1.21. The van der Waals surface area contributed by atoms with Gasteiger partial charge in [0, 0.05) is 35.1 Å². The van der Waals surface area contributed by atoms with Crippen LogP contribution in [0.3, 0.4) is 0 Å². The second-order valence-electron chi connectivity index (χ2n) is 8.29. The van der Waals surface area contributed by atoms with Gasteiger partial charge < -0.3 is 10.6 Å². The third-order valence-corrected chi connectivity index (χ3v) is 6.52.